The fraction of sp³-hybridized carbons (Fsp3) is 0.462. The van der Waals surface area contributed by atoms with Crippen LogP contribution in [0.4, 0.5) is 0 Å². The number of nitrogens with two attached hydrogens (primary N) is 1. The van der Waals surface area contributed by atoms with E-state index in [4.69, 9.17) is 17.3 Å². The molecule has 3 nitrogen and oxygen atoms in total. The maximum absolute atomic E-state index is 11.9. The van der Waals surface area contributed by atoms with Gasteiger partial charge in [0.2, 0.25) is 5.91 Å². The number of nitrogens with zero attached hydrogens (tertiary/aromatic N) is 1. The van der Waals surface area contributed by atoms with Gasteiger partial charge in [0.15, 0.2) is 0 Å². The molecule has 0 aromatic heterocycles. The highest BCUT2D eigenvalue weighted by atomic mass is 35.5. The zero-order valence-corrected chi connectivity index (χ0v) is 10.7. The van der Waals surface area contributed by atoms with E-state index in [9.17, 15) is 4.79 Å². The second-order valence-electron chi connectivity index (χ2n) is 4.46. The average Bonchev–Trinajstić information content (AvgIpc) is 3.14. The molecule has 4 heteroatoms. The molecule has 1 amide bonds. The van der Waals surface area contributed by atoms with Gasteiger partial charge in [-0.05, 0) is 37.5 Å². The molecule has 0 spiro atoms. The fourth-order valence-corrected chi connectivity index (χ4v) is 2.22. The largest absolute Gasteiger partial charge is 0.332 e. The SMILES string of the molecule is CC(c1ccc(Cl)cc1)N(C(=O)CN)C1CC1. The van der Waals surface area contributed by atoms with E-state index >= 15 is 0 Å². The lowest BCUT2D eigenvalue weighted by Gasteiger charge is -2.29. The van der Waals surface area contributed by atoms with E-state index in [1.807, 2.05) is 36.1 Å². The summed E-state index contributed by atoms with van der Waals surface area (Å²) >= 11 is 5.86. The molecule has 1 aromatic carbocycles. The van der Waals surface area contributed by atoms with Gasteiger partial charge in [0.1, 0.15) is 0 Å². The summed E-state index contributed by atoms with van der Waals surface area (Å²) in [6, 6.07) is 8.07. The number of amides is 1. The Morgan fingerprint density at radius 3 is 2.53 bits per heavy atom. The zero-order valence-electron chi connectivity index (χ0n) is 9.90. The van der Waals surface area contributed by atoms with Crippen molar-refractivity contribution in [2.24, 2.45) is 5.73 Å². The van der Waals surface area contributed by atoms with E-state index in [1.165, 1.54) is 0 Å². The molecule has 92 valence electrons. The van der Waals surface area contributed by atoms with Gasteiger partial charge in [-0.15, -0.1) is 0 Å². The first-order chi connectivity index (χ1) is 8.13. The number of carbonyl (C=O) groups excluding carboxylic acids is 1. The number of halogens is 1. The van der Waals surface area contributed by atoms with Gasteiger partial charge in [-0.1, -0.05) is 23.7 Å². The van der Waals surface area contributed by atoms with Gasteiger partial charge in [-0.25, -0.2) is 0 Å². The van der Waals surface area contributed by atoms with Crippen LogP contribution in [0.1, 0.15) is 31.4 Å². The summed E-state index contributed by atoms with van der Waals surface area (Å²) in [7, 11) is 0. The topological polar surface area (TPSA) is 46.3 Å². The summed E-state index contributed by atoms with van der Waals surface area (Å²) in [5.41, 5.74) is 6.57. The van der Waals surface area contributed by atoms with Crippen molar-refractivity contribution in [2.45, 2.75) is 31.8 Å². The van der Waals surface area contributed by atoms with E-state index in [0.717, 1.165) is 18.4 Å². The molecule has 0 radical (unpaired) electrons. The van der Waals surface area contributed by atoms with Gasteiger partial charge >= 0.3 is 0 Å². The van der Waals surface area contributed by atoms with Crippen LogP contribution in [0, 0.1) is 0 Å². The molecule has 17 heavy (non-hydrogen) atoms. The second kappa shape index (κ2) is 5.07. The summed E-state index contributed by atoms with van der Waals surface area (Å²) in [6.45, 7) is 2.11. The maximum atomic E-state index is 11.9. The predicted octanol–water partition coefficient (Wildman–Crippen LogP) is 2.35. The summed E-state index contributed by atoms with van der Waals surface area (Å²) in [5, 5.41) is 0.712. The first-order valence-electron chi connectivity index (χ1n) is 5.90. The predicted molar refractivity (Wildman–Crippen MR) is 68.8 cm³/mol. The van der Waals surface area contributed by atoms with E-state index in [0.29, 0.717) is 11.1 Å². The van der Waals surface area contributed by atoms with E-state index in [2.05, 4.69) is 0 Å². The molecule has 1 atom stereocenters. The van der Waals surface area contributed by atoms with Crippen LogP contribution >= 0.6 is 11.6 Å². The van der Waals surface area contributed by atoms with Gasteiger partial charge in [-0.3, -0.25) is 4.79 Å². The van der Waals surface area contributed by atoms with Crippen LogP contribution in [0.2, 0.25) is 5.02 Å². The van der Waals surface area contributed by atoms with E-state index in [-0.39, 0.29) is 18.5 Å². The Labute approximate surface area is 107 Å². The lowest BCUT2D eigenvalue weighted by molar-refractivity contribution is -0.132. The third-order valence-corrected chi connectivity index (χ3v) is 3.42. The minimum absolute atomic E-state index is 0.0231. The third-order valence-electron chi connectivity index (χ3n) is 3.17. The average molecular weight is 253 g/mol. The molecule has 1 fully saturated rings. The van der Waals surface area contributed by atoms with Crippen molar-refractivity contribution in [3.63, 3.8) is 0 Å². The highest BCUT2D eigenvalue weighted by Crippen LogP contribution is 2.34. The molecule has 1 aliphatic rings. The molecule has 0 aliphatic heterocycles. The number of rotatable bonds is 4. The Morgan fingerprint density at radius 1 is 1.47 bits per heavy atom. The standard InChI is InChI=1S/C13H17ClN2O/c1-9(10-2-4-11(14)5-3-10)16(12-6-7-12)13(17)8-15/h2-5,9,12H,6-8,15H2,1H3. The zero-order chi connectivity index (χ0) is 12.4. The smallest absolute Gasteiger partial charge is 0.237 e. The van der Waals surface area contributed by atoms with Crippen molar-refractivity contribution < 1.29 is 4.79 Å². The summed E-state index contributed by atoms with van der Waals surface area (Å²) < 4.78 is 0. The molecule has 1 saturated carbocycles. The highest BCUT2D eigenvalue weighted by molar-refractivity contribution is 6.30. The second-order valence-corrected chi connectivity index (χ2v) is 4.90. The molecule has 0 bridgehead atoms. The van der Waals surface area contributed by atoms with Gasteiger partial charge in [0.25, 0.3) is 0 Å². The maximum Gasteiger partial charge on any atom is 0.237 e. The van der Waals surface area contributed by atoms with Crippen LogP contribution in [0.15, 0.2) is 24.3 Å². The summed E-state index contributed by atoms with van der Waals surface area (Å²) in [4.78, 5) is 13.8. The van der Waals surface area contributed by atoms with Crippen LogP contribution in [0.3, 0.4) is 0 Å². The van der Waals surface area contributed by atoms with Crippen molar-refractivity contribution in [1.82, 2.24) is 4.90 Å². The van der Waals surface area contributed by atoms with Crippen molar-refractivity contribution >= 4 is 17.5 Å². The lowest BCUT2D eigenvalue weighted by Crippen LogP contribution is -2.39. The third kappa shape index (κ3) is 2.79. The molecular weight excluding hydrogens is 236 g/mol. The van der Waals surface area contributed by atoms with Gasteiger partial charge in [0, 0.05) is 11.1 Å². The number of carbonyl (C=O) groups is 1. The summed E-state index contributed by atoms with van der Waals surface area (Å²) in [6.07, 6.45) is 2.17. The van der Waals surface area contributed by atoms with Crippen molar-refractivity contribution in [3.8, 4) is 0 Å². The van der Waals surface area contributed by atoms with E-state index in [1.54, 1.807) is 0 Å². The first-order valence-corrected chi connectivity index (χ1v) is 6.28. The minimum atomic E-state index is 0.0231. The number of hydrogen-bond acceptors (Lipinski definition) is 2. The minimum Gasteiger partial charge on any atom is -0.332 e. The Morgan fingerprint density at radius 2 is 2.06 bits per heavy atom. The van der Waals surface area contributed by atoms with Gasteiger partial charge < -0.3 is 10.6 Å². The lowest BCUT2D eigenvalue weighted by atomic mass is 10.1. The number of benzene rings is 1. The van der Waals surface area contributed by atoms with E-state index < -0.39 is 0 Å². The fourth-order valence-electron chi connectivity index (χ4n) is 2.10. The van der Waals surface area contributed by atoms with Crippen LogP contribution < -0.4 is 5.73 Å². The molecule has 0 heterocycles. The molecule has 1 unspecified atom stereocenters. The monoisotopic (exact) mass is 252 g/mol. The molecule has 1 aromatic rings. The van der Waals surface area contributed by atoms with Crippen LogP contribution in [-0.4, -0.2) is 23.4 Å². The van der Waals surface area contributed by atoms with Crippen molar-refractivity contribution in [3.05, 3.63) is 34.9 Å². The molecule has 1 aliphatic carbocycles. The highest BCUT2D eigenvalue weighted by Gasteiger charge is 2.35. The Hall–Kier alpha value is -1.06. The summed E-state index contributed by atoms with van der Waals surface area (Å²) in [5.74, 6) is 0.0231. The van der Waals surface area contributed by atoms with Crippen molar-refractivity contribution in [2.75, 3.05) is 6.54 Å². The van der Waals surface area contributed by atoms with Crippen LogP contribution in [0.5, 0.6) is 0 Å². The first kappa shape index (κ1) is 12.4. The molecule has 2 rings (SSSR count). The quantitative estimate of drug-likeness (QED) is 0.894. The Balaban J connectivity index is 2.18. The Kier molecular flexibility index (Phi) is 3.69. The van der Waals surface area contributed by atoms with Crippen LogP contribution in [-0.2, 0) is 4.79 Å². The normalized spacial score (nSPS) is 16.6. The Bertz CT molecular complexity index is 400. The van der Waals surface area contributed by atoms with Crippen molar-refractivity contribution in [1.29, 1.82) is 0 Å². The molecular formula is C13H17ClN2O. The molecule has 0 saturated heterocycles. The van der Waals surface area contributed by atoms with Gasteiger partial charge in [-0.2, -0.15) is 0 Å². The molecule has 2 N–H and O–H groups in total. The van der Waals surface area contributed by atoms with Gasteiger partial charge in [0.05, 0.1) is 12.6 Å². The number of hydrogen-bond donors (Lipinski definition) is 1. The van der Waals surface area contributed by atoms with Crippen LogP contribution in [0.25, 0.3) is 0 Å².